The molecule has 0 saturated heterocycles. The number of Topliss-reactive ketones (excluding diaryl/α,β-unsaturated/α-hetero) is 1. The van der Waals surface area contributed by atoms with Crippen molar-refractivity contribution >= 4 is 22.5 Å². The molecule has 0 spiro atoms. The molecule has 5 nitrogen and oxygen atoms in total. The second kappa shape index (κ2) is 7.25. The first-order valence-corrected chi connectivity index (χ1v) is 8.32. The van der Waals surface area contributed by atoms with Crippen LogP contribution in [0, 0.1) is 0 Å². The van der Waals surface area contributed by atoms with E-state index in [1.807, 2.05) is 12.1 Å². The van der Waals surface area contributed by atoms with Crippen LogP contribution < -0.4 is 5.73 Å². The number of hydrogen-bond donors (Lipinski definition) is 2. The Bertz CT molecular complexity index is 840. The van der Waals surface area contributed by atoms with Gasteiger partial charge >= 0.3 is 0 Å². The summed E-state index contributed by atoms with van der Waals surface area (Å²) < 4.78 is 0. The Hall–Kier alpha value is -2.69. The van der Waals surface area contributed by atoms with Gasteiger partial charge in [-0.3, -0.25) is 5.10 Å². The van der Waals surface area contributed by atoms with Crippen molar-refractivity contribution in [2.75, 3.05) is 5.73 Å². The van der Waals surface area contributed by atoms with Crippen LogP contribution in [0.4, 0.5) is 5.82 Å². The van der Waals surface area contributed by atoms with Crippen molar-refractivity contribution in [2.45, 2.75) is 39.0 Å². The lowest BCUT2D eigenvalue weighted by Crippen LogP contribution is -1.99. The van der Waals surface area contributed by atoms with Gasteiger partial charge in [0.2, 0.25) is 0 Å². The normalized spacial score (nSPS) is 11.0. The Balaban J connectivity index is 1.73. The molecule has 0 radical (unpaired) electrons. The van der Waals surface area contributed by atoms with Crippen molar-refractivity contribution < 1.29 is 4.79 Å². The highest BCUT2D eigenvalue weighted by atomic mass is 16.1. The molecule has 0 aliphatic carbocycles. The van der Waals surface area contributed by atoms with Gasteiger partial charge < -0.3 is 10.5 Å². The molecule has 5 heteroatoms. The number of benzene rings is 1. The van der Waals surface area contributed by atoms with Crippen LogP contribution in [-0.4, -0.2) is 21.0 Å². The number of rotatable bonds is 7. The molecular formula is C19H22N4O. The number of fused-ring (bicyclic) bond motifs is 1. The van der Waals surface area contributed by atoms with Crippen LogP contribution in [0.25, 0.3) is 22.2 Å². The van der Waals surface area contributed by atoms with Gasteiger partial charge in [-0.25, -0.2) is 4.98 Å². The molecule has 0 saturated carbocycles. The van der Waals surface area contributed by atoms with Gasteiger partial charge in [0.05, 0.1) is 11.2 Å². The molecule has 124 valence electrons. The SMILES string of the molecule is CC(=O)CCCCCc1cc2ccc(-c3ccn[nH]3)cc2nc1N. The molecule has 0 aliphatic heterocycles. The minimum absolute atomic E-state index is 0.259. The van der Waals surface area contributed by atoms with Crippen molar-refractivity contribution in [3.8, 4) is 11.3 Å². The van der Waals surface area contributed by atoms with E-state index in [9.17, 15) is 4.79 Å². The summed E-state index contributed by atoms with van der Waals surface area (Å²) in [4.78, 5) is 15.5. The number of hydrogen-bond acceptors (Lipinski definition) is 4. The molecule has 24 heavy (non-hydrogen) atoms. The first kappa shape index (κ1) is 16.2. The number of aryl methyl sites for hydroxylation is 1. The number of aromatic amines is 1. The fourth-order valence-electron chi connectivity index (χ4n) is 2.88. The van der Waals surface area contributed by atoms with E-state index in [1.165, 1.54) is 0 Å². The maximum atomic E-state index is 11.0. The number of pyridine rings is 1. The molecular weight excluding hydrogens is 300 g/mol. The molecule has 0 amide bonds. The van der Waals surface area contributed by atoms with Crippen LogP contribution in [0.15, 0.2) is 36.5 Å². The number of carbonyl (C=O) groups is 1. The van der Waals surface area contributed by atoms with Gasteiger partial charge in [0.25, 0.3) is 0 Å². The summed E-state index contributed by atoms with van der Waals surface area (Å²) in [6.45, 7) is 1.64. The fourth-order valence-corrected chi connectivity index (χ4v) is 2.88. The monoisotopic (exact) mass is 322 g/mol. The molecule has 0 bridgehead atoms. The van der Waals surface area contributed by atoms with Crippen LogP contribution in [0.5, 0.6) is 0 Å². The number of H-pyrrole nitrogens is 1. The van der Waals surface area contributed by atoms with Gasteiger partial charge in [-0.05, 0) is 49.9 Å². The summed E-state index contributed by atoms with van der Waals surface area (Å²) in [7, 11) is 0. The molecule has 3 N–H and O–H groups in total. The van der Waals surface area contributed by atoms with Gasteiger partial charge in [-0.1, -0.05) is 18.6 Å². The van der Waals surface area contributed by atoms with Gasteiger partial charge in [0, 0.05) is 23.6 Å². The third kappa shape index (κ3) is 3.79. The van der Waals surface area contributed by atoms with Crippen LogP contribution in [0.3, 0.4) is 0 Å². The Kier molecular flexibility index (Phi) is 4.89. The second-order valence-corrected chi connectivity index (χ2v) is 6.17. The number of anilines is 1. The Morgan fingerprint density at radius 3 is 2.79 bits per heavy atom. The van der Waals surface area contributed by atoms with E-state index in [-0.39, 0.29) is 5.78 Å². The van der Waals surface area contributed by atoms with Crippen LogP contribution >= 0.6 is 0 Å². The predicted molar refractivity (Wildman–Crippen MR) is 96.6 cm³/mol. The van der Waals surface area contributed by atoms with E-state index >= 15 is 0 Å². The van der Waals surface area contributed by atoms with E-state index in [0.29, 0.717) is 12.2 Å². The van der Waals surface area contributed by atoms with Gasteiger partial charge in [-0.15, -0.1) is 0 Å². The third-order valence-corrected chi connectivity index (χ3v) is 4.22. The predicted octanol–water partition coefficient (Wildman–Crippen LogP) is 3.90. The van der Waals surface area contributed by atoms with Crippen molar-refractivity contribution in [3.05, 3.63) is 42.1 Å². The number of nitrogen functional groups attached to an aromatic ring is 1. The zero-order chi connectivity index (χ0) is 16.9. The van der Waals surface area contributed by atoms with E-state index in [4.69, 9.17) is 5.73 Å². The zero-order valence-electron chi connectivity index (χ0n) is 13.9. The lowest BCUT2D eigenvalue weighted by atomic mass is 10.0. The average molecular weight is 322 g/mol. The smallest absolute Gasteiger partial charge is 0.129 e. The third-order valence-electron chi connectivity index (χ3n) is 4.22. The first-order chi connectivity index (χ1) is 11.6. The minimum atomic E-state index is 0.259. The summed E-state index contributed by atoms with van der Waals surface area (Å²) >= 11 is 0. The van der Waals surface area contributed by atoms with Crippen LogP contribution in [-0.2, 0) is 11.2 Å². The van der Waals surface area contributed by atoms with Gasteiger partial charge in [0.1, 0.15) is 11.6 Å². The quantitative estimate of drug-likeness (QED) is 0.646. The van der Waals surface area contributed by atoms with Crippen molar-refractivity contribution in [1.82, 2.24) is 15.2 Å². The number of nitrogens with one attached hydrogen (secondary N) is 1. The van der Waals surface area contributed by atoms with Gasteiger partial charge in [-0.2, -0.15) is 5.10 Å². The van der Waals surface area contributed by atoms with Crippen LogP contribution in [0.1, 0.15) is 38.2 Å². The molecule has 0 aliphatic rings. The molecule has 0 unspecified atom stereocenters. The molecule has 2 heterocycles. The molecule has 3 rings (SSSR count). The number of nitrogens with zero attached hydrogens (tertiary/aromatic N) is 2. The summed E-state index contributed by atoms with van der Waals surface area (Å²) in [5.74, 6) is 0.853. The number of nitrogens with two attached hydrogens (primary N) is 1. The lowest BCUT2D eigenvalue weighted by Gasteiger charge is -2.08. The Labute approximate surface area is 141 Å². The van der Waals surface area contributed by atoms with Crippen molar-refractivity contribution in [2.24, 2.45) is 0 Å². The average Bonchev–Trinajstić information content (AvgIpc) is 3.08. The van der Waals surface area contributed by atoms with Crippen molar-refractivity contribution in [1.29, 1.82) is 0 Å². The van der Waals surface area contributed by atoms with E-state index in [0.717, 1.165) is 53.4 Å². The molecule has 3 aromatic rings. The maximum absolute atomic E-state index is 11.0. The maximum Gasteiger partial charge on any atom is 0.129 e. The topological polar surface area (TPSA) is 84.7 Å². The second-order valence-electron chi connectivity index (χ2n) is 6.17. The standard InChI is InChI=1S/C19H22N4O/c1-13(24)5-3-2-4-6-16-11-14-7-8-15(17-9-10-21-23-17)12-18(14)22-19(16)20/h7-12H,2-6H2,1H3,(H2,20,22)(H,21,23). The van der Waals surface area contributed by atoms with Crippen LogP contribution in [0.2, 0.25) is 0 Å². The summed E-state index contributed by atoms with van der Waals surface area (Å²) in [6, 6.07) is 10.2. The van der Waals surface area contributed by atoms with Gasteiger partial charge in [0.15, 0.2) is 0 Å². The highest BCUT2D eigenvalue weighted by Gasteiger charge is 2.07. The largest absolute Gasteiger partial charge is 0.383 e. The molecule has 2 aromatic heterocycles. The van der Waals surface area contributed by atoms with E-state index in [1.54, 1.807) is 13.1 Å². The number of unbranched alkanes of at least 4 members (excludes halogenated alkanes) is 2. The van der Waals surface area contributed by atoms with Crippen molar-refractivity contribution in [3.63, 3.8) is 0 Å². The van der Waals surface area contributed by atoms with E-state index in [2.05, 4.69) is 33.4 Å². The number of ketones is 1. The highest BCUT2D eigenvalue weighted by Crippen LogP contribution is 2.25. The Morgan fingerprint density at radius 2 is 2.04 bits per heavy atom. The number of aromatic nitrogens is 3. The summed E-state index contributed by atoms with van der Waals surface area (Å²) in [5.41, 5.74) is 10.1. The van der Waals surface area contributed by atoms with E-state index < -0.39 is 0 Å². The highest BCUT2D eigenvalue weighted by molar-refractivity contribution is 5.85. The molecule has 1 aromatic carbocycles. The molecule has 0 fully saturated rings. The molecule has 0 atom stereocenters. The fraction of sp³-hybridized carbons (Fsp3) is 0.316. The number of carbonyl (C=O) groups excluding carboxylic acids is 1. The minimum Gasteiger partial charge on any atom is -0.383 e. The summed E-state index contributed by atoms with van der Waals surface area (Å²) in [6.07, 6.45) is 6.31. The lowest BCUT2D eigenvalue weighted by molar-refractivity contribution is -0.117. The summed E-state index contributed by atoms with van der Waals surface area (Å²) in [5, 5.41) is 8.03. The first-order valence-electron chi connectivity index (χ1n) is 8.32. The zero-order valence-corrected chi connectivity index (χ0v) is 13.9. The Morgan fingerprint density at radius 1 is 1.17 bits per heavy atom.